The molecule has 3 unspecified atom stereocenters. The van der Waals surface area contributed by atoms with Crippen LogP contribution in [0, 0.1) is 23.7 Å². The Labute approximate surface area is 126 Å². The van der Waals surface area contributed by atoms with E-state index < -0.39 is 5.97 Å². The molecule has 4 heteroatoms. The van der Waals surface area contributed by atoms with Crippen LogP contribution in [0.3, 0.4) is 0 Å². The lowest BCUT2D eigenvalue weighted by molar-refractivity contribution is -0.141. The molecule has 4 nitrogen and oxygen atoms in total. The van der Waals surface area contributed by atoms with Crippen LogP contribution in [0.5, 0.6) is 0 Å². The Morgan fingerprint density at radius 3 is 2.24 bits per heavy atom. The maximum Gasteiger partial charge on any atom is 0.306 e. The van der Waals surface area contributed by atoms with Crippen molar-refractivity contribution in [2.75, 3.05) is 0 Å². The molecule has 0 aromatic heterocycles. The number of nitrogens with one attached hydrogen (secondary N) is 1. The van der Waals surface area contributed by atoms with E-state index >= 15 is 0 Å². The second kappa shape index (κ2) is 6.37. The van der Waals surface area contributed by atoms with Gasteiger partial charge in [0.05, 0.1) is 5.92 Å². The maximum atomic E-state index is 12.4. The van der Waals surface area contributed by atoms with E-state index in [-0.39, 0.29) is 23.8 Å². The summed E-state index contributed by atoms with van der Waals surface area (Å²) in [4.78, 5) is 23.4. The number of hydrogen-bond donors (Lipinski definition) is 2. The van der Waals surface area contributed by atoms with Crippen molar-refractivity contribution in [2.45, 2.75) is 70.3 Å². The van der Waals surface area contributed by atoms with Crippen LogP contribution in [0.1, 0.15) is 64.2 Å². The Balaban J connectivity index is 1.48. The number of carboxylic acids is 1. The largest absolute Gasteiger partial charge is 0.481 e. The first-order valence-corrected chi connectivity index (χ1v) is 8.66. The normalized spacial score (nSPS) is 39.5. The van der Waals surface area contributed by atoms with Gasteiger partial charge in [-0.25, -0.2) is 0 Å². The number of carbonyl (C=O) groups excluding carboxylic acids is 1. The van der Waals surface area contributed by atoms with Crippen molar-refractivity contribution >= 4 is 11.9 Å². The van der Waals surface area contributed by atoms with Crippen molar-refractivity contribution in [2.24, 2.45) is 23.7 Å². The lowest BCUT2D eigenvalue weighted by atomic mass is 9.67. The highest BCUT2D eigenvalue weighted by Gasteiger charge is 2.37. The molecule has 118 valence electrons. The minimum atomic E-state index is -0.713. The zero-order valence-electron chi connectivity index (χ0n) is 12.7. The van der Waals surface area contributed by atoms with E-state index in [4.69, 9.17) is 5.11 Å². The summed E-state index contributed by atoms with van der Waals surface area (Å²) in [6, 6.07) is 0.0858. The Kier molecular flexibility index (Phi) is 4.51. The van der Waals surface area contributed by atoms with Crippen molar-refractivity contribution in [3.63, 3.8) is 0 Å². The fourth-order valence-corrected chi connectivity index (χ4v) is 4.77. The van der Waals surface area contributed by atoms with Gasteiger partial charge < -0.3 is 10.4 Å². The van der Waals surface area contributed by atoms with E-state index in [1.54, 1.807) is 0 Å². The molecule has 0 spiro atoms. The summed E-state index contributed by atoms with van der Waals surface area (Å²) in [5.41, 5.74) is 0. The van der Waals surface area contributed by atoms with Gasteiger partial charge in [-0.1, -0.05) is 25.7 Å². The van der Waals surface area contributed by atoms with E-state index in [9.17, 15) is 9.59 Å². The van der Waals surface area contributed by atoms with Crippen molar-refractivity contribution in [3.05, 3.63) is 0 Å². The van der Waals surface area contributed by atoms with Crippen LogP contribution in [-0.2, 0) is 9.59 Å². The summed E-state index contributed by atoms with van der Waals surface area (Å²) >= 11 is 0. The molecule has 2 N–H and O–H groups in total. The summed E-state index contributed by atoms with van der Waals surface area (Å²) in [6.45, 7) is 0. The number of amides is 1. The summed E-state index contributed by atoms with van der Waals surface area (Å²) in [5.74, 6) is 1.02. The molecule has 3 fully saturated rings. The predicted octanol–water partition coefficient (Wildman–Crippen LogP) is 2.96. The third-order valence-electron chi connectivity index (χ3n) is 6.04. The van der Waals surface area contributed by atoms with Crippen LogP contribution in [-0.4, -0.2) is 23.0 Å². The number of rotatable bonds is 3. The van der Waals surface area contributed by atoms with E-state index in [0.29, 0.717) is 12.8 Å². The molecule has 0 saturated heterocycles. The van der Waals surface area contributed by atoms with E-state index in [1.165, 1.54) is 32.1 Å². The molecule has 3 aliphatic rings. The number of aliphatic carboxylic acids is 1. The second-order valence-electron chi connectivity index (χ2n) is 7.37. The first kappa shape index (κ1) is 14.9. The van der Waals surface area contributed by atoms with Crippen LogP contribution in [0.25, 0.3) is 0 Å². The van der Waals surface area contributed by atoms with Crippen LogP contribution in [0.4, 0.5) is 0 Å². The van der Waals surface area contributed by atoms with Gasteiger partial charge in [0.15, 0.2) is 0 Å². The van der Waals surface area contributed by atoms with Gasteiger partial charge in [-0.15, -0.1) is 0 Å². The monoisotopic (exact) mass is 293 g/mol. The molecule has 0 bridgehead atoms. The lowest BCUT2D eigenvalue weighted by Crippen LogP contribution is -2.41. The smallest absolute Gasteiger partial charge is 0.306 e. The fraction of sp³-hybridized carbons (Fsp3) is 0.882. The summed E-state index contributed by atoms with van der Waals surface area (Å²) in [6.07, 6.45) is 10.8. The molecule has 0 aromatic carbocycles. The van der Waals surface area contributed by atoms with Crippen molar-refractivity contribution < 1.29 is 14.7 Å². The summed E-state index contributed by atoms with van der Waals surface area (Å²) in [5, 5.41) is 12.2. The molecule has 3 rings (SSSR count). The molecule has 0 heterocycles. The highest BCUT2D eigenvalue weighted by Crippen LogP contribution is 2.42. The third kappa shape index (κ3) is 3.41. The number of carbonyl (C=O) groups is 2. The molecule has 21 heavy (non-hydrogen) atoms. The maximum absolute atomic E-state index is 12.4. The summed E-state index contributed by atoms with van der Waals surface area (Å²) in [7, 11) is 0. The van der Waals surface area contributed by atoms with Crippen LogP contribution in [0.15, 0.2) is 0 Å². The third-order valence-corrected chi connectivity index (χ3v) is 6.04. The molecule has 0 aliphatic heterocycles. The number of fused-ring (bicyclic) bond motifs is 1. The lowest BCUT2D eigenvalue weighted by Gasteiger charge is -2.39. The van der Waals surface area contributed by atoms with E-state index in [0.717, 1.165) is 31.1 Å². The molecule has 3 saturated carbocycles. The fourth-order valence-electron chi connectivity index (χ4n) is 4.77. The average molecular weight is 293 g/mol. The van der Waals surface area contributed by atoms with Crippen LogP contribution < -0.4 is 5.32 Å². The Hall–Kier alpha value is -1.06. The van der Waals surface area contributed by atoms with Crippen molar-refractivity contribution in [1.82, 2.24) is 5.32 Å². The Morgan fingerprint density at radius 1 is 0.810 bits per heavy atom. The number of carboxylic acid groups (broad SMARTS) is 1. The number of hydrogen-bond acceptors (Lipinski definition) is 2. The predicted molar refractivity (Wildman–Crippen MR) is 79.7 cm³/mol. The molecule has 1 amide bonds. The van der Waals surface area contributed by atoms with E-state index in [1.807, 2.05) is 0 Å². The first-order valence-electron chi connectivity index (χ1n) is 8.66. The summed E-state index contributed by atoms with van der Waals surface area (Å²) < 4.78 is 0. The highest BCUT2D eigenvalue weighted by molar-refractivity contribution is 5.79. The quantitative estimate of drug-likeness (QED) is 0.840. The minimum Gasteiger partial charge on any atom is -0.481 e. The zero-order valence-corrected chi connectivity index (χ0v) is 12.7. The molecule has 0 aromatic rings. The molecular weight excluding hydrogens is 266 g/mol. The van der Waals surface area contributed by atoms with Gasteiger partial charge >= 0.3 is 5.97 Å². The zero-order chi connectivity index (χ0) is 14.8. The SMILES string of the molecule is O=C(N[C@@H]1CC[C@H](C(=O)O)C1)C1CCC2CCCCC2C1. The van der Waals surface area contributed by atoms with Gasteiger partial charge in [0.2, 0.25) is 5.91 Å². The Bertz CT molecular complexity index is 409. The van der Waals surface area contributed by atoms with Gasteiger partial charge in [0, 0.05) is 12.0 Å². The van der Waals surface area contributed by atoms with E-state index in [2.05, 4.69) is 5.32 Å². The molecule has 3 aliphatic carbocycles. The average Bonchev–Trinajstić information content (AvgIpc) is 2.95. The topological polar surface area (TPSA) is 66.4 Å². The van der Waals surface area contributed by atoms with Gasteiger partial charge in [0.25, 0.3) is 0 Å². The molecule has 0 radical (unpaired) electrons. The first-order chi connectivity index (χ1) is 10.1. The van der Waals surface area contributed by atoms with Gasteiger partial charge in [-0.3, -0.25) is 9.59 Å². The van der Waals surface area contributed by atoms with Gasteiger partial charge in [0.1, 0.15) is 0 Å². The van der Waals surface area contributed by atoms with Crippen molar-refractivity contribution in [1.29, 1.82) is 0 Å². The molecule has 5 atom stereocenters. The molecular formula is C17H27NO3. The minimum absolute atomic E-state index is 0.0858. The second-order valence-corrected chi connectivity index (χ2v) is 7.37. The standard InChI is InChI=1S/C17H27NO3/c19-16(18-15-8-7-14(10-15)17(20)21)13-6-5-11-3-1-2-4-12(11)9-13/h11-15H,1-10H2,(H,18,19)(H,20,21)/t11?,12?,13?,14-,15+/m0/s1. The highest BCUT2D eigenvalue weighted by atomic mass is 16.4. The van der Waals surface area contributed by atoms with Crippen LogP contribution in [0.2, 0.25) is 0 Å². The van der Waals surface area contributed by atoms with Crippen molar-refractivity contribution in [3.8, 4) is 0 Å². The van der Waals surface area contributed by atoms with Crippen LogP contribution >= 0.6 is 0 Å². The Morgan fingerprint density at radius 2 is 1.52 bits per heavy atom. The van der Waals surface area contributed by atoms with Gasteiger partial charge in [-0.2, -0.15) is 0 Å². The van der Waals surface area contributed by atoms with Gasteiger partial charge in [-0.05, 0) is 50.4 Å².